The van der Waals surface area contributed by atoms with E-state index in [-0.39, 0.29) is 11.7 Å². The highest BCUT2D eigenvalue weighted by atomic mass is 79.9. The van der Waals surface area contributed by atoms with Gasteiger partial charge in [0.25, 0.3) is 5.56 Å². The molecule has 1 unspecified atom stereocenters. The largest absolute Gasteiger partial charge is 0.474 e. The summed E-state index contributed by atoms with van der Waals surface area (Å²) in [4.78, 5) is 17.6. The minimum Gasteiger partial charge on any atom is -0.474 e. The molecule has 0 spiro atoms. The molecular formula is C10H13BrN2O3. The van der Waals surface area contributed by atoms with Crippen molar-refractivity contribution in [2.75, 3.05) is 13.2 Å². The first-order valence-corrected chi connectivity index (χ1v) is 6.04. The van der Waals surface area contributed by atoms with Gasteiger partial charge in [-0.15, -0.1) is 0 Å². The minimum atomic E-state index is -0.241. The summed E-state index contributed by atoms with van der Waals surface area (Å²) in [5.41, 5.74) is -0.241. The molecule has 1 fully saturated rings. The fraction of sp³-hybridized carbons (Fsp3) is 0.600. The topological polar surface area (TPSA) is 64.2 Å². The predicted molar refractivity (Wildman–Crippen MR) is 61.6 cm³/mol. The quantitative estimate of drug-likeness (QED) is 0.915. The van der Waals surface area contributed by atoms with Crippen LogP contribution < -0.4 is 10.3 Å². The first kappa shape index (κ1) is 11.6. The van der Waals surface area contributed by atoms with E-state index >= 15 is 0 Å². The molecule has 1 N–H and O–H groups in total. The molecule has 0 amide bonds. The number of halogens is 1. The highest BCUT2D eigenvalue weighted by Crippen LogP contribution is 2.18. The van der Waals surface area contributed by atoms with Gasteiger partial charge in [0.2, 0.25) is 5.88 Å². The molecule has 5 nitrogen and oxygen atoms in total. The molecule has 2 heterocycles. The van der Waals surface area contributed by atoms with Crippen LogP contribution in [0.15, 0.2) is 15.6 Å². The van der Waals surface area contributed by atoms with Gasteiger partial charge in [0.05, 0.1) is 12.4 Å². The van der Waals surface area contributed by atoms with E-state index in [1.807, 2.05) is 0 Å². The van der Waals surface area contributed by atoms with E-state index < -0.39 is 0 Å². The van der Waals surface area contributed by atoms with E-state index in [0.29, 0.717) is 17.0 Å². The zero-order valence-corrected chi connectivity index (χ0v) is 10.3. The van der Waals surface area contributed by atoms with E-state index in [1.54, 1.807) is 0 Å². The van der Waals surface area contributed by atoms with Crippen LogP contribution in [0.3, 0.4) is 0 Å². The van der Waals surface area contributed by atoms with Crippen LogP contribution in [-0.4, -0.2) is 29.3 Å². The van der Waals surface area contributed by atoms with Crippen LogP contribution in [0.1, 0.15) is 19.3 Å². The number of nitrogens with zero attached hydrogens (tertiary/aromatic N) is 1. The van der Waals surface area contributed by atoms with Crippen molar-refractivity contribution in [2.45, 2.75) is 25.4 Å². The number of ether oxygens (including phenoxy) is 2. The van der Waals surface area contributed by atoms with Gasteiger partial charge in [-0.1, -0.05) is 0 Å². The van der Waals surface area contributed by atoms with Crippen molar-refractivity contribution in [1.82, 2.24) is 9.97 Å². The second-order valence-corrected chi connectivity index (χ2v) is 4.44. The molecule has 2 rings (SSSR count). The number of hydrogen-bond acceptors (Lipinski definition) is 4. The fourth-order valence-electron chi connectivity index (χ4n) is 1.58. The number of rotatable bonds is 3. The van der Waals surface area contributed by atoms with Gasteiger partial charge < -0.3 is 14.5 Å². The molecule has 0 radical (unpaired) electrons. The molecule has 1 aromatic rings. The third-order valence-corrected chi connectivity index (χ3v) is 3.14. The van der Waals surface area contributed by atoms with Crippen molar-refractivity contribution in [1.29, 1.82) is 0 Å². The maximum absolute atomic E-state index is 11.2. The van der Waals surface area contributed by atoms with Gasteiger partial charge in [-0.2, -0.15) is 0 Å². The fourth-order valence-corrected chi connectivity index (χ4v) is 1.91. The number of aromatic amines is 1. The monoisotopic (exact) mass is 288 g/mol. The Labute approximate surface area is 101 Å². The lowest BCUT2D eigenvalue weighted by molar-refractivity contribution is -0.0121. The Bertz CT molecular complexity index is 401. The lowest BCUT2D eigenvalue weighted by Crippen LogP contribution is -2.26. The molecule has 88 valence electrons. The van der Waals surface area contributed by atoms with E-state index in [4.69, 9.17) is 9.47 Å². The normalized spacial score (nSPS) is 20.7. The SMILES string of the molecule is O=c1[nH]cnc(OCC2CCCCO2)c1Br. The van der Waals surface area contributed by atoms with Gasteiger partial charge in [-0.25, -0.2) is 4.98 Å². The second kappa shape index (κ2) is 5.45. The average Bonchev–Trinajstić information content (AvgIpc) is 2.32. The Morgan fingerprint density at radius 3 is 3.25 bits per heavy atom. The van der Waals surface area contributed by atoms with Crippen LogP contribution >= 0.6 is 15.9 Å². The molecule has 0 aliphatic carbocycles. The number of H-pyrrole nitrogens is 1. The van der Waals surface area contributed by atoms with Crippen LogP contribution in [0.2, 0.25) is 0 Å². The number of aromatic nitrogens is 2. The molecule has 0 bridgehead atoms. The Morgan fingerprint density at radius 1 is 1.62 bits per heavy atom. The Hall–Kier alpha value is -0.880. The highest BCUT2D eigenvalue weighted by Gasteiger charge is 2.16. The maximum atomic E-state index is 11.2. The lowest BCUT2D eigenvalue weighted by atomic mass is 10.1. The third-order valence-electron chi connectivity index (χ3n) is 2.44. The molecule has 1 aromatic heterocycles. The van der Waals surface area contributed by atoms with Crippen molar-refractivity contribution in [3.05, 3.63) is 21.2 Å². The van der Waals surface area contributed by atoms with Crippen molar-refractivity contribution in [3.63, 3.8) is 0 Å². The summed E-state index contributed by atoms with van der Waals surface area (Å²) in [7, 11) is 0. The standard InChI is InChI=1S/C10H13BrN2O3/c11-8-9(14)12-6-13-10(8)16-5-7-3-1-2-4-15-7/h6-7H,1-5H2,(H,12,13,14). The summed E-state index contributed by atoms with van der Waals surface area (Å²) in [5.74, 6) is 0.318. The van der Waals surface area contributed by atoms with E-state index in [2.05, 4.69) is 25.9 Å². The summed E-state index contributed by atoms with van der Waals surface area (Å²) in [6, 6.07) is 0. The zero-order valence-electron chi connectivity index (χ0n) is 8.74. The van der Waals surface area contributed by atoms with Crippen molar-refractivity contribution in [3.8, 4) is 5.88 Å². The third kappa shape index (κ3) is 2.82. The Morgan fingerprint density at radius 2 is 2.50 bits per heavy atom. The van der Waals surface area contributed by atoms with E-state index in [9.17, 15) is 4.79 Å². The Balaban J connectivity index is 1.93. The summed E-state index contributed by atoms with van der Waals surface area (Å²) in [6.45, 7) is 1.23. The van der Waals surface area contributed by atoms with E-state index in [1.165, 1.54) is 6.33 Å². The number of nitrogens with one attached hydrogen (secondary N) is 1. The molecule has 6 heteroatoms. The maximum Gasteiger partial charge on any atom is 0.268 e. The van der Waals surface area contributed by atoms with Crippen LogP contribution in [0, 0.1) is 0 Å². The molecule has 16 heavy (non-hydrogen) atoms. The summed E-state index contributed by atoms with van der Waals surface area (Å²) in [5, 5.41) is 0. The van der Waals surface area contributed by atoms with Gasteiger partial charge in [-0.3, -0.25) is 4.79 Å². The molecular weight excluding hydrogens is 276 g/mol. The van der Waals surface area contributed by atoms with Crippen LogP contribution in [0.25, 0.3) is 0 Å². The number of hydrogen-bond donors (Lipinski definition) is 1. The molecule has 1 saturated heterocycles. The summed E-state index contributed by atoms with van der Waals surface area (Å²) < 4.78 is 11.3. The first-order chi connectivity index (χ1) is 7.77. The second-order valence-electron chi connectivity index (χ2n) is 3.65. The Kier molecular flexibility index (Phi) is 3.95. The van der Waals surface area contributed by atoms with Crippen LogP contribution in [0.5, 0.6) is 5.88 Å². The molecule has 1 aliphatic heterocycles. The first-order valence-electron chi connectivity index (χ1n) is 5.25. The molecule has 0 saturated carbocycles. The lowest BCUT2D eigenvalue weighted by Gasteiger charge is -2.22. The van der Waals surface area contributed by atoms with Gasteiger partial charge in [0.15, 0.2) is 0 Å². The summed E-state index contributed by atoms with van der Waals surface area (Å²) >= 11 is 3.13. The van der Waals surface area contributed by atoms with Gasteiger partial charge in [0, 0.05) is 6.61 Å². The van der Waals surface area contributed by atoms with E-state index in [0.717, 1.165) is 25.9 Å². The molecule has 1 atom stereocenters. The van der Waals surface area contributed by atoms with Crippen molar-refractivity contribution >= 4 is 15.9 Å². The van der Waals surface area contributed by atoms with Gasteiger partial charge in [0.1, 0.15) is 11.1 Å². The highest BCUT2D eigenvalue weighted by molar-refractivity contribution is 9.10. The smallest absolute Gasteiger partial charge is 0.268 e. The molecule has 1 aliphatic rings. The minimum absolute atomic E-state index is 0.113. The van der Waals surface area contributed by atoms with Crippen molar-refractivity contribution in [2.24, 2.45) is 0 Å². The average molecular weight is 289 g/mol. The van der Waals surface area contributed by atoms with Crippen molar-refractivity contribution < 1.29 is 9.47 Å². The molecule has 0 aromatic carbocycles. The van der Waals surface area contributed by atoms with Gasteiger partial charge >= 0.3 is 0 Å². The van der Waals surface area contributed by atoms with Crippen LogP contribution in [-0.2, 0) is 4.74 Å². The zero-order chi connectivity index (χ0) is 11.4. The predicted octanol–water partition coefficient (Wildman–Crippen LogP) is 1.48. The van der Waals surface area contributed by atoms with Gasteiger partial charge in [-0.05, 0) is 35.2 Å². The van der Waals surface area contributed by atoms with Crippen LogP contribution in [0.4, 0.5) is 0 Å². The summed E-state index contributed by atoms with van der Waals surface area (Å²) in [6.07, 6.45) is 4.72.